The minimum atomic E-state index is -3.42. The van der Waals surface area contributed by atoms with E-state index in [0.29, 0.717) is 42.5 Å². The van der Waals surface area contributed by atoms with Gasteiger partial charge in [-0.2, -0.15) is 5.26 Å². The number of anilines is 1. The Morgan fingerprint density at radius 2 is 1.78 bits per heavy atom. The lowest BCUT2D eigenvalue weighted by atomic mass is 9.86. The molecule has 2 fully saturated rings. The third-order valence-electron chi connectivity index (χ3n) is 7.77. The van der Waals surface area contributed by atoms with Gasteiger partial charge in [-0.3, -0.25) is 9.62 Å². The molecule has 32 heavy (non-hydrogen) atoms. The Morgan fingerprint density at radius 1 is 1.16 bits per heavy atom. The van der Waals surface area contributed by atoms with Gasteiger partial charge in [-0.1, -0.05) is 31.2 Å². The monoisotopic (exact) mass is 451 g/mol. The average Bonchev–Trinajstić information content (AvgIpc) is 2.99. The number of aliphatic hydroxyl groups is 1. The Morgan fingerprint density at radius 3 is 2.31 bits per heavy atom. The van der Waals surface area contributed by atoms with Gasteiger partial charge >= 0.3 is 0 Å². The number of fused-ring (bicyclic) bond motifs is 2. The number of piperidine rings is 1. The molecule has 5 rings (SSSR count). The van der Waals surface area contributed by atoms with Crippen molar-refractivity contribution in [2.45, 2.75) is 37.2 Å². The van der Waals surface area contributed by atoms with Crippen LogP contribution in [0.2, 0.25) is 0 Å². The maximum absolute atomic E-state index is 11.7. The lowest BCUT2D eigenvalue weighted by Gasteiger charge is -2.32. The van der Waals surface area contributed by atoms with E-state index in [1.807, 2.05) is 24.3 Å². The molecule has 6 nitrogen and oxygen atoms in total. The third-order valence-corrected chi connectivity index (χ3v) is 8.38. The molecule has 1 saturated heterocycles. The van der Waals surface area contributed by atoms with Crippen LogP contribution in [0.15, 0.2) is 42.5 Å². The van der Waals surface area contributed by atoms with Gasteiger partial charge in [0, 0.05) is 37.9 Å². The number of hydrogen-bond donors (Lipinski definition) is 2. The largest absolute Gasteiger partial charge is 0.388 e. The first kappa shape index (κ1) is 21.4. The van der Waals surface area contributed by atoms with Crippen LogP contribution in [-0.2, 0) is 28.3 Å². The number of nitrogens with one attached hydrogen (secondary N) is 1. The number of likely N-dealkylation sites (tertiary alicyclic amines) is 1. The van der Waals surface area contributed by atoms with Crippen LogP contribution in [0, 0.1) is 23.2 Å². The summed E-state index contributed by atoms with van der Waals surface area (Å²) in [6.07, 6.45) is 3.48. The Kier molecular flexibility index (Phi) is 4.90. The second-order valence-corrected chi connectivity index (χ2v) is 11.7. The number of benzene rings is 2. The zero-order chi connectivity index (χ0) is 22.7. The lowest BCUT2D eigenvalue weighted by Crippen LogP contribution is -2.45. The molecule has 0 aromatic heterocycles. The molecule has 0 radical (unpaired) electrons. The van der Waals surface area contributed by atoms with E-state index in [9.17, 15) is 18.8 Å². The molecule has 2 unspecified atom stereocenters. The van der Waals surface area contributed by atoms with Gasteiger partial charge in [0.05, 0.1) is 29.2 Å². The molecule has 1 aliphatic heterocycles. The SMILES string of the molecule is CCC1(c2cc(C#N)cc(NS(C)(=O)=O)c2)C2CN(CC3(O)Cc4ccccc4C3)CC21. The number of nitrogens with zero attached hydrogens (tertiary/aromatic N) is 2. The topological polar surface area (TPSA) is 93.4 Å². The zero-order valence-electron chi connectivity index (χ0n) is 18.5. The second kappa shape index (κ2) is 7.31. The Bertz CT molecular complexity index is 1180. The minimum absolute atomic E-state index is 0.0292. The molecular formula is C25H29N3O3S. The molecule has 0 amide bonds. The molecular weight excluding hydrogens is 422 g/mol. The van der Waals surface area contributed by atoms with Crippen LogP contribution in [-0.4, -0.2) is 49.9 Å². The van der Waals surface area contributed by atoms with Gasteiger partial charge in [-0.15, -0.1) is 0 Å². The van der Waals surface area contributed by atoms with Crippen LogP contribution in [0.1, 0.15) is 35.6 Å². The normalized spacial score (nSPS) is 28.1. The molecule has 168 valence electrons. The predicted molar refractivity (Wildman–Crippen MR) is 124 cm³/mol. The van der Waals surface area contributed by atoms with Crippen LogP contribution in [0.3, 0.4) is 0 Å². The molecule has 1 saturated carbocycles. The first-order valence-electron chi connectivity index (χ1n) is 11.2. The summed E-state index contributed by atoms with van der Waals surface area (Å²) >= 11 is 0. The number of nitriles is 1. The predicted octanol–water partition coefficient (Wildman–Crippen LogP) is 2.67. The Hall–Kier alpha value is -2.40. The minimum Gasteiger partial charge on any atom is -0.388 e. The van der Waals surface area contributed by atoms with E-state index in [2.05, 4.69) is 34.7 Å². The molecule has 2 atom stereocenters. The summed E-state index contributed by atoms with van der Waals surface area (Å²) in [4.78, 5) is 2.39. The highest BCUT2D eigenvalue weighted by atomic mass is 32.2. The van der Waals surface area contributed by atoms with Gasteiger partial charge in [0.2, 0.25) is 10.0 Å². The fourth-order valence-electron chi connectivity index (χ4n) is 6.54. The van der Waals surface area contributed by atoms with Crippen molar-refractivity contribution in [3.8, 4) is 6.07 Å². The molecule has 7 heteroatoms. The molecule has 2 aromatic rings. The first-order valence-corrected chi connectivity index (χ1v) is 13.1. The number of sulfonamides is 1. The second-order valence-electron chi connectivity index (χ2n) is 9.93. The van der Waals surface area contributed by atoms with E-state index >= 15 is 0 Å². The maximum atomic E-state index is 11.7. The molecule has 1 heterocycles. The number of hydrogen-bond acceptors (Lipinski definition) is 5. The van der Waals surface area contributed by atoms with E-state index in [-0.39, 0.29) is 5.41 Å². The van der Waals surface area contributed by atoms with E-state index < -0.39 is 15.6 Å². The van der Waals surface area contributed by atoms with Gasteiger partial charge in [0.25, 0.3) is 0 Å². The van der Waals surface area contributed by atoms with Crippen LogP contribution < -0.4 is 4.72 Å². The van der Waals surface area contributed by atoms with Crippen molar-refractivity contribution in [3.63, 3.8) is 0 Å². The van der Waals surface area contributed by atoms with Crippen molar-refractivity contribution in [3.05, 3.63) is 64.7 Å². The summed E-state index contributed by atoms with van der Waals surface area (Å²) in [6.45, 7) is 4.69. The fraction of sp³-hybridized carbons (Fsp3) is 0.480. The summed E-state index contributed by atoms with van der Waals surface area (Å²) in [7, 11) is -3.42. The Balaban J connectivity index is 1.33. The van der Waals surface area contributed by atoms with Crippen LogP contribution in [0.25, 0.3) is 0 Å². The molecule has 0 bridgehead atoms. The fourth-order valence-corrected chi connectivity index (χ4v) is 7.08. The summed E-state index contributed by atoms with van der Waals surface area (Å²) in [5.41, 5.74) is 3.74. The van der Waals surface area contributed by atoms with Crippen molar-refractivity contribution in [2.24, 2.45) is 11.8 Å². The Labute approximate surface area is 189 Å². The van der Waals surface area contributed by atoms with Gasteiger partial charge < -0.3 is 5.11 Å². The number of β-amino-alcohol motifs (C(OH)–C–C–N with tert-alkyl or cyclic N) is 1. The summed E-state index contributed by atoms with van der Waals surface area (Å²) in [6, 6.07) is 15.9. The third kappa shape index (κ3) is 3.61. The quantitative estimate of drug-likeness (QED) is 0.704. The van der Waals surface area contributed by atoms with E-state index in [1.165, 1.54) is 11.1 Å². The summed E-state index contributed by atoms with van der Waals surface area (Å²) < 4.78 is 26.0. The average molecular weight is 452 g/mol. The standard InChI is InChI=1S/C25H29N3O3S/c1-3-25(20-8-17(13-26)9-21(10-20)27-32(2,30)31)22-14-28(15-23(22)25)16-24(29)11-18-6-4-5-7-19(18)12-24/h4-10,22-23,27,29H,3,11-12,14-16H2,1-2H3. The molecule has 2 N–H and O–H groups in total. The van der Waals surface area contributed by atoms with Crippen LogP contribution >= 0.6 is 0 Å². The van der Waals surface area contributed by atoms with Crippen molar-refractivity contribution >= 4 is 15.7 Å². The summed E-state index contributed by atoms with van der Waals surface area (Å²) in [5.74, 6) is 0.916. The smallest absolute Gasteiger partial charge is 0.229 e. The highest BCUT2D eigenvalue weighted by Crippen LogP contribution is 2.65. The summed E-state index contributed by atoms with van der Waals surface area (Å²) in [5, 5.41) is 20.7. The highest BCUT2D eigenvalue weighted by Gasteiger charge is 2.67. The van der Waals surface area contributed by atoms with Gasteiger partial charge in [-0.05, 0) is 53.1 Å². The van der Waals surface area contributed by atoms with Crippen LogP contribution in [0.5, 0.6) is 0 Å². The van der Waals surface area contributed by atoms with Crippen molar-refractivity contribution in [2.75, 3.05) is 30.6 Å². The molecule has 2 aromatic carbocycles. The van der Waals surface area contributed by atoms with E-state index in [0.717, 1.165) is 31.3 Å². The van der Waals surface area contributed by atoms with Crippen molar-refractivity contribution in [1.82, 2.24) is 4.90 Å². The van der Waals surface area contributed by atoms with Gasteiger partial charge in [0.15, 0.2) is 0 Å². The molecule has 2 aliphatic carbocycles. The van der Waals surface area contributed by atoms with Gasteiger partial charge in [-0.25, -0.2) is 8.42 Å². The zero-order valence-corrected chi connectivity index (χ0v) is 19.3. The van der Waals surface area contributed by atoms with E-state index in [4.69, 9.17) is 0 Å². The molecule has 3 aliphatic rings. The molecule has 0 spiro atoms. The lowest BCUT2D eigenvalue weighted by molar-refractivity contribution is 0.0139. The van der Waals surface area contributed by atoms with Gasteiger partial charge in [0.1, 0.15) is 0 Å². The van der Waals surface area contributed by atoms with Crippen LogP contribution in [0.4, 0.5) is 5.69 Å². The highest BCUT2D eigenvalue weighted by molar-refractivity contribution is 7.92. The van der Waals surface area contributed by atoms with E-state index in [1.54, 1.807) is 6.07 Å². The first-order chi connectivity index (χ1) is 15.2. The maximum Gasteiger partial charge on any atom is 0.229 e. The number of rotatable bonds is 6. The van der Waals surface area contributed by atoms with Crippen molar-refractivity contribution < 1.29 is 13.5 Å². The van der Waals surface area contributed by atoms with Crippen molar-refractivity contribution in [1.29, 1.82) is 5.26 Å².